The number of hydrogen-bond acceptors (Lipinski definition) is 6. The van der Waals surface area contributed by atoms with Gasteiger partial charge in [0.05, 0.1) is 17.2 Å². The predicted molar refractivity (Wildman–Crippen MR) is 153 cm³/mol. The van der Waals surface area contributed by atoms with Crippen molar-refractivity contribution in [2.24, 2.45) is 40.3 Å². The van der Waals surface area contributed by atoms with Crippen molar-refractivity contribution < 1.29 is 31.5 Å². The van der Waals surface area contributed by atoms with E-state index in [-0.39, 0.29) is 53.1 Å². The zero-order chi connectivity index (χ0) is 30.4. The van der Waals surface area contributed by atoms with Crippen LogP contribution in [0.3, 0.4) is 0 Å². The first-order chi connectivity index (χ1) is 19.8. The average molecular weight is 611 g/mol. The van der Waals surface area contributed by atoms with Gasteiger partial charge in [-0.3, -0.25) is 14.8 Å². The molecule has 2 fully saturated rings. The van der Waals surface area contributed by atoms with E-state index < -0.39 is 41.2 Å². The molecule has 7 atom stereocenters. The lowest BCUT2D eigenvalue weighted by atomic mass is 9.66. The van der Waals surface area contributed by atoms with Gasteiger partial charge in [-0.05, 0) is 55.0 Å². The van der Waals surface area contributed by atoms with Gasteiger partial charge < -0.3 is 15.8 Å². The van der Waals surface area contributed by atoms with E-state index in [0.29, 0.717) is 31.4 Å². The molecule has 1 aromatic heterocycles. The van der Waals surface area contributed by atoms with Crippen molar-refractivity contribution in [1.29, 1.82) is 0 Å². The Hall–Kier alpha value is -2.57. The number of halogens is 5. The highest BCUT2D eigenvalue weighted by atomic mass is 32.2. The van der Waals surface area contributed by atoms with Crippen LogP contribution in [0.15, 0.2) is 41.5 Å². The van der Waals surface area contributed by atoms with Gasteiger partial charge in [0.1, 0.15) is 23.2 Å². The molecule has 3 heterocycles. The Morgan fingerprint density at radius 3 is 2.67 bits per heavy atom. The first-order valence-electron chi connectivity index (χ1n) is 14.2. The van der Waals surface area contributed by atoms with E-state index in [1.54, 1.807) is 11.8 Å². The lowest BCUT2D eigenvalue weighted by Crippen LogP contribution is -2.55. The highest BCUT2D eigenvalue weighted by Crippen LogP contribution is 2.50. The number of pyridine rings is 1. The maximum Gasteiger partial charge on any atom is 0.417 e. The lowest BCUT2D eigenvalue weighted by molar-refractivity contribution is -0.137. The highest BCUT2D eigenvalue weighted by molar-refractivity contribution is 8.14. The number of nitrogens with zero attached hydrogens (tertiary/aromatic N) is 2. The number of benzene rings is 1. The molecule has 3 N–H and O–H groups in total. The van der Waals surface area contributed by atoms with Gasteiger partial charge in [-0.1, -0.05) is 20.8 Å². The molecule has 42 heavy (non-hydrogen) atoms. The molecule has 12 heteroatoms. The average Bonchev–Trinajstić information content (AvgIpc) is 2.95. The molecular formula is C30H35F5N4O2S. The molecule has 0 radical (unpaired) electrons. The molecule has 6 nitrogen and oxygen atoms in total. The van der Waals surface area contributed by atoms with Crippen molar-refractivity contribution in [2.45, 2.75) is 57.5 Å². The molecule has 3 aliphatic rings. The second-order valence-corrected chi connectivity index (χ2v) is 13.0. The number of alkyl halides is 4. The van der Waals surface area contributed by atoms with Crippen LogP contribution < -0.4 is 11.1 Å². The molecule has 1 amide bonds. The van der Waals surface area contributed by atoms with E-state index >= 15 is 4.39 Å². The quantitative estimate of drug-likeness (QED) is 0.380. The SMILES string of the molecule is CC(C)[C@H]1C[C@@H](F)C(C)C(N)C1C1=N[C@@]2(c3cc(NC(=O)c4ccc(C(F)(F)F)cn4)ccc3F)COCCC2CS1. The van der Waals surface area contributed by atoms with Crippen LogP contribution in [0, 0.1) is 35.4 Å². The van der Waals surface area contributed by atoms with E-state index in [4.69, 9.17) is 15.5 Å². The van der Waals surface area contributed by atoms with Gasteiger partial charge in [0.15, 0.2) is 0 Å². The smallest absolute Gasteiger partial charge is 0.379 e. The van der Waals surface area contributed by atoms with E-state index in [0.717, 1.165) is 17.2 Å². The van der Waals surface area contributed by atoms with Crippen LogP contribution in [0.4, 0.5) is 27.6 Å². The summed E-state index contributed by atoms with van der Waals surface area (Å²) in [5.74, 6) is -1.04. The lowest BCUT2D eigenvalue weighted by Gasteiger charge is -2.49. The molecule has 1 aromatic carbocycles. The normalized spacial score (nSPS) is 31.8. The Labute approximate surface area is 246 Å². The molecule has 1 aliphatic carbocycles. The maximum absolute atomic E-state index is 15.7. The molecule has 228 valence electrons. The van der Waals surface area contributed by atoms with Gasteiger partial charge in [-0.15, -0.1) is 11.8 Å². The predicted octanol–water partition coefficient (Wildman–Crippen LogP) is 6.46. The molecule has 2 aliphatic heterocycles. The summed E-state index contributed by atoms with van der Waals surface area (Å²) in [6.45, 7) is 6.58. The van der Waals surface area contributed by atoms with Gasteiger partial charge in [-0.2, -0.15) is 13.2 Å². The number of rotatable bonds is 5. The molecule has 5 rings (SSSR count). The van der Waals surface area contributed by atoms with Crippen LogP contribution in [0.25, 0.3) is 0 Å². The molecule has 2 aromatic rings. The second kappa shape index (κ2) is 11.8. The Kier molecular flexibility index (Phi) is 8.70. The van der Waals surface area contributed by atoms with Crippen molar-refractivity contribution in [1.82, 2.24) is 4.98 Å². The first-order valence-corrected chi connectivity index (χ1v) is 15.1. The topological polar surface area (TPSA) is 89.6 Å². The Balaban J connectivity index is 1.50. The number of anilines is 1. The van der Waals surface area contributed by atoms with Crippen LogP contribution >= 0.6 is 11.8 Å². The van der Waals surface area contributed by atoms with E-state index in [2.05, 4.69) is 24.1 Å². The summed E-state index contributed by atoms with van der Waals surface area (Å²) in [6.07, 6.45) is -3.95. The number of amides is 1. The fourth-order valence-electron chi connectivity index (χ4n) is 6.43. The molecule has 0 spiro atoms. The third-order valence-electron chi connectivity index (χ3n) is 9.06. The first kappa shape index (κ1) is 30.9. The summed E-state index contributed by atoms with van der Waals surface area (Å²) < 4.78 is 75.2. The van der Waals surface area contributed by atoms with Gasteiger partial charge in [0.25, 0.3) is 5.91 Å². The molecule has 4 unspecified atom stereocenters. The molecule has 1 saturated carbocycles. The number of thioether (sulfide) groups is 1. The number of ether oxygens (including phenoxy) is 1. The molecule has 0 bridgehead atoms. The number of hydrogen-bond donors (Lipinski definition) is 2. The number of carbonyl (C=O) groups is 1. The van der Waals surface area contributed by atoms with Crippen LogP contribution in [0.1, 0.15) is 55.2 Å². The van der Waals surface area contributed by atoms with Crippen molar-refractivity contribution in [3.05, 3.63) is 59.2 Å². The number of nitrogens with one attached hydrogen (secondary N) is 1. The van der Waals surface area contributed by atoms with Crippen LogP contribution in [-0.2, 0) is 16.5 Å². The minimum absolute atomic E-state index is 0.0257. The van der Waals surface area contributed by atoms with Crippen molar-refractivity contribution in [3.63, 3.8) is 0 Å². The summed E-state index contributed by atoms with van der Waals surface area (Å²) >= 11 is 1.61. The monoisotopic (exact) mass is 610 g/mol. The van der Waals surface area contributed by atoms with Crippen LogP contribution in [0.5, 0.6) is 0 Å². The van der Waals surface area contributed by atoms with Gasteiger partial charge in [0, 0.05) is 53.6 Å². The zero-order valence-corrected chi connectivity index (χ0v) is 24.4. The number of nitrogens with two attached hydrogens (primary N) is 1. The van der Waals surface area contributed by atoms with Gasteiger partial charge >= 0.3 is 6.18 Å². The number of fused-ring (bicyclic) bond motifs is 1. The minimum atomic E-state index is -4.58. The minimum Gasteiger partial charge on any atom is -0.379 e. The molecular weight excluding hydrogens is 575 g/mol. The number of aromatic nitrogens is 1. The van der Waals surface area contributed by atoms with E-state index in [1.165, 1.54) is 18.2 Å². The highest BCUT2D eigenvalue weighted by Gasteiger charge is 2.51. The van der Waals surface area contributed by atoms with Crippen LogP contribution in [0.2, 0.25) is 0 Å². The van der Waals surface area contributed by atoms with Crippen LogP contribution in [-0.4, -0.2) is 47.1 Å². The van der Waals surface area contributed by atoms with E-state index in [1.807, 2.05) is 6.92 Å². The second-order valence-electron chi connectivity index (χ2n) is 11.9. The molecule has 1 saturated heterocycles. The Bertz CT molecular complexity index is 1340. The number of aliphatic imine (C=N–C) groups is 1. The summed E-state index contributed by atoms with van der Waals surface area (Å²) in [6, 6.07) is 5.45. The van der Waals surface area contributed by atoms with Gasteiger partial charge in [-0.25, -0.2) is 8.78 Å². The fraction of sp³-hybridized carbons (Fsp3) is 0.567. The number of carbonyl (C=O) groups excluding carboxylic acids is 1. The summed E-state index contributed by atoms with van der Waals surface area (Å²) in [5, 5.41) is 3.41. The largest absolute Gasteiger partial charge is 0.417 e. The van der Waals surface area contributed by atoms with Crippen molar-refractivity contribution >= 4 is 28.4 Å². The fourth-order valence-corrected chi connectivity index (χ4v) is 8.00. The standard InChI is InChI=1S/C30H35F5N4O2S/c1-15(2)20-11-23(32)16(3)26(36)25(20)28-39-29(14-41-9-8-18(29)13-42-28)21-10-19(5-6-22(21)31)38-27(40)24-7-4-17(12-37-24)30(33,34)35/h4-7,10,12,15-16,18,20,23,25-26H,8-9,11,13-14,36H2,1-3H3,(H,38,40)/t16?,18?,20-,23-,25?,26?,29+/m1/s1. The summed E-state index contributed by atoms with van der Waals surface area (Å²) in [7, 11) is 0. The maximum atomic E-state index is 15.7. The Morgan fingerprint density at radius 1 is 1.24 bits per heavy atom. The summed E-state index contributed by atoms with van der Waals surface area (Å²) in [5.41, 5.74) is 4.90. The van der Waals surface area contributed by atoms with Crippen molar-refractivity contribution in [3.8, 4) is 0 Å². The van der Waals surface area contributed by atoms with Crippen molar-refractivity contribution in [2.75, 3.05) is 24.3 Å². The van der Waals surface area contributed by atoms with Gasteiger partial charge in [0.2, 0.25) is 0 Å². The third-order valence-corrected chi connectivity index (χ3v) is 10.3. The summed E-state index contributed by atoms with van der Waals surface area (Å²) in [4.78, 5) is 21.7. The third kappa shape index (κ3) is 5.81. The van der Waals surface area contributed by atoms with E-state index in [9.17, 15) is 22.4 Å². The zero-order valence-electron chi connectivity index (χ0n) is 23.6. The Morgan fingerprint density at radius 2 is 2.00 bits per heavy atom.